The molecule has 6 heteroatoms. The number of hydrogen-bond acceptors (Lipinski definition) is 6. The molecule has 0 radical (unpaired) electrons. The van der Waals surface area contributed by atoms with Crippen molar-refractivity contribution in [2.24, 2.45) is 5.41 Å². The Morgan fingerprint density at radius 3 is 2.35 bits per heavy atom. The Bertz CT molecular complexity index is 564. The lowest BCUT2D eigenvalue weighted by molar-refractivity contribution is -0.179. The summed E-state index contributed by atoms with van der Waals surface area (Å²) in [4.78, 5) is 24.6. The van der Waals surface area contributed by atoms with E-state index in [1.807, 2.05) is 30.3 Å². The van der Waals surface area contributed by atoms with Crippen molar-refractivity contribution in [2.75, 3.05) is 14.2 Å². The molecule has 0 saturated carbocycles. The van der Waals surface area contributed by atoms with Crippen LogP contribution in [0.4, 0.5) is 0 Å². The number of hydrogen-bond donors (Lipinski definition) is 1. The third-order valence-corrected chi connectivity index (χ3v) is 3.89. The summed E-state index contributed by atoms with van der Waals surface area (Å²) in [5.41, 5.74) is -0.822. The maximum absolute atomic E-state index is 12.3. The Morgan fingerprint density at radius 1 is 1.17 bits per heavy atom. The molecule has 0 unspecified atom stereocenters. The van der Waals surface area contributed by atoms with Crippen molar-refractivity contribution in [2.45, 2.75) is 25.2 Å². The van der Waals surface area contributed by atoms with Crippen LogP contribution in [0.2, 0.25) is 0 Å². The summed E-state index contributed by atoms with van der Waals surface area (Å²) >= 11 is 0. The van der Waals surface area contributed by atoms with Gasteiger partial charge in [0.15, 0.2) is 0 Å². The van der Waals surface area contributed by atoms with Crippen LogP contribution in [0.1, 0.15) is 12.0 Å². The van der Waals surface area contributed by atoms with Crippen molar-refractivity contribution in [3.8, 4) is 0 Å². The highest BCUT2D eigenvalue weighted by molar-refractivity contribution is 6.03. The number of aliphatic hydroxyl groups is 1. The van der Waals surface area contributed by atoms with Crippen LogP contribution in [0.5, 0.6) is 0 Å². The topological polar surface area (TPSA) is 82.1 Å². The molecule has 6 nitrogen and oxygen atoms in total. The lowest BCUT2D eigenvalue weighted by Gasteiger charge is -2.36. The van der Waals surface area contributed by atoms with Crippen LogP contribution in [-0.4, -0.2) is 43.5 Å². The van der Waals surface area contributed by atoms with Crippen LogP contribution < -0.4 is 0 Å². The molecule has 0 fully saturated rings. The first kappa shape index (κ1) is 17.2. The molecule has 23 heavy (non-hydrogen) atoms. The van der Waals surface area contributed by atoms with Crippen LogP contribution in [0, 0.1) is 5.41 Å². The van der Waals surface area contributed by atoms with Gasteiger partial charge < -0.3 is 19.3 Å². The number of methoxy groups -OCH3 is 2. The second kappa shape index (κ2) is 7.39. The van der Waals surface area contributed by atoms with Crippen molar-refractivity contribution in [3.63, 3.8) is 0 Å². The normalized spacial score (nSPS) is 22.4. The van der Waals surface area contributed by atoms with Crippen molar-refractivity contribution in [1.82, 2.24) is 0 Å². The van der Waals surface area contributed by atoms with E-state index < -0.39 is 29.6 Å². The molecule has 1 aromatic rings. The Labute approximate surface area is 134 Å². The average Bonchev–Trinajstić information content (AvgIpc) is 2.59. The van der Waals surface area contributed by atoms with Crippen molar-refractivity contribution < 1.29 is 28.9 Å². The third kappa shape index (κ3) is 3.43. The van der Waals surface area contributed by atoms with Crippen LogP contribution in [-0.2, 0) is 30.4 Å². The summed E-state index contributed by atoms with van der Waals surface area (Å²) in [6.45, 7) is 0.196. The lowest BCUT2D eigenvalue weighted by Crippen LogP contribution is -2.52. The second-order valence-electron chi connectivity index (χ2n) is 5.30. The maximum Gasteiger partial charge on any atom is 0.329 e. The van der Waals surface area contributed by atoms with E-state index >= 15 is 0 Å². The molecule has 1 N–H and O–H groups in total. The van der Waals surface area contributed by atoms with E-state index in [2.05, 4.69) is 0 Å². The van der Waals surface area contributed by atoms with E-state index in [1.54, 1.807) is 0 Å². The van der Waals surface area contributed by atoms with E-state index in [1.165, 1.54) is 26.4 Å². The Hall–Kier alpha value is -2.18. The zero-order valence-corrected chi connectivity index (χ0v) is 13.1. The molecular weight excluding hydrogens is 300 g/mol. The Kier molecular flexibility index (Phi) is 5.52. The summed E-state index contributed by atoms with van der Waals surface area (Å²) in [6.07, 6.45) is 1.10. The van der Waals surface area contributed by atoms with Gasteiger partial charge in [0.2, 0.25) is 5.41 Å². The van der Waals surface area contributed by atoms with Gasteiger partial charge in [-0.15, -0.1) is 0 Å². The molecule has 0 bridgehead atoms. The van der Waals surface area contributed by atoms with Crippen LogP contribution in [0.25, 0.3) is 0 Å². The van der Waals surface area contributed by atoms with Gasteiger partial charge in [-0.05, 0) is 5.56 Å². The number of rotatable bonds is 5. The fourth-order valence-corrected chi connectivity index (χ4v) is 2.64. The van der Waals surface area contributed by atoms with Crippen LogP contribution in [0.3, 0.4) is 0 Å². The molecule has 2 atom stereocenters. The zero-order valence-electron chi connectivity index (χ0n) is 13.1. The fraction of sp³-hybridized carbons (Fsp3) is 0.412. The summed E-state index contributed by atoms with van der Waals surface area (Å²) in [5.74, 6) is -1.55. The highest BCUT2D eigenvalue weighted by atomic mass is 16.6. The van der Waals surface area contributed by atoms with Gasteiger partial charge in [0, 0.05) is 6.42 Å². The van der Waals surface area contributed by atoms with E-state index in [-0.39, 0.29) is 13.0 Å². The first-order valence-corrected chi connectivity index (χ1v) is 7.24. The van der Waals surface area contributed by atoms with Gasteiger partial charge in [-0.2, -0.15) is 0 Å². The minimum absolute atomic E-state index is 0.0908. The Balaban J connectivity index is 2.30. The minimum atomic E-state index is -1.71. The van der Waals surface area contributed by atoms with E-state index in [0.717, 1.165) is 5.56 Å². The standard InChI is InChI=1S/C17H20O6/c1-21-15(19)17(16(20)22-2)9-8-13(18)10-14(17)23-11-12-6-4-3-5-7-12/h3-9,13-14,18H,10-11H2,1-2H3/t13-,14+/m1/s1. The molecule has 0 spiro atoms. The van der Waals surface area contributed by atoms with Gasteiger partial charge in [0.05, 0.1) is 33.0 Å². The predicted octanol–water partition coefficient (Wildman–Crippen LogP) is 1.22. The summed E-state index contributed by atoms with van der Waals surface area (Å²) < 4.78 is 15.4. The van der Waals surface area contributed by atoms with Gasteiger partial charge in [-0.3, -0.25) is 9.59 Å². The molecule has 0 saturated heterocycles. The Morgan fingerprint density at radius 2 is 1.78 bits per heavy atom. The molecule has 0 heterocycles. The molecule has 124 valence electrons. The third-order valence-electron chi connectivity index (χ3n) is 3.89. The number of esters is 2. The fourth-order valence-electron chi connectivity index (χ4n) is 2.64. The van der Waals surface area contributed by atoms with Gasteiger partial charge in [-0.1, -0.05) is 42.5 Å². The largest absolute Gasteiger partial charge is 0.468 e. The molecule has 0 aliphatic heterocycles. The van der Waals surface area contributed by atoms with Gasteiger partial charge >= 0.3 is 11.9 Å². The quantitative estimate of drug-likeness (QED) is 0.499. The maximum atomic E-state index is 12.3. The average molecular weight is 320 g/mol. The molecule has 1 aliphatic rings. The molecule has 0 aromatic heterocycles. The minimum Gasteiger partial charge on any atom is -0.468 e. The molecule has 2 rings (SSSR count). The smallest absolute Gasteiger partial charge is 0.329 e. The number of carbonyl (C=O) groups excluding carboxylic acids is 2. The van der Waals surface area contributed by atoms with Gasteiger partial charge in [-0.25, -0.2) is 0 Å². The number of carbonyl (C=O) groups is 2. The summed E-state index contributed by atoms with van der Waals surface area (Å²) in [6, 6.07) is 9.34. The van der Waals surface area contributed by atoms with E-state index in [0.29, 0.717) is 0 Å². The van der Waals surface area contributed by atoms with Crippen molar-refractivity contribution >= 4 is 11.9 Å². The number of ether oxygens (including phenoxy) is 3. The highest BCUT2D eigenvalue weighted by Gasteiger charge is 2.55. The van der Waals surface area contributed by atoms with Crippen molar-refractivity contribution in [3.05, 3.63) is 48.0 Å². The first-order chi connectivity index (χ1) is 11.0. The van der Waals surface area contributed by atoms with E-state index in [9.17, 15) is 14.7 Å². The number of aliphatic hydroxyl groups excluding tert-OH is 1. The molecule has 1 aromatic carbocycles. The monoisotopic (exact) mass is 320 g/mol. The van der Waals surface area contributed by atoms with Crippen molar-refractivity contribution in [1.29, 1.82) is 0 Å². The second-order valence-corrected chi connectivity index (χ2v) is 5.30. The predicted molar refractivity (Wildman–Crippen MR) is 81.2 cm³/mol. The van der Waals surface area contributed by atoms with Gasteiger partial charge in [0.25, 0.3) is 0 Å². The van der Waals surface area contributed by atoms with E-state index in [4.69, 9.17) is 14.2 Å². The SMILES string of the molecule is COC(=O)C1(C(=O)OC)C=C[C@@H](O)C[C@@H]1OCc1ccccc1. The highest BCUT2D eigenvalue weighted by Crippen LogP contribution is 2.37. The van der Waals surface area contributed by atoms with Gasteiger partial charge in [0.1, 0.15) is 0 Å². The molecule has 0 amide bonds. The summed E-state index contributed by atoms with van der Waals surface area (Å²) in [5, 5.41) is 9.85. The molecular formula is C17H20O6. The van der Waals surface area contributed by atoms with Crippen LogP contribution >= 0.6 is 0 Å². The molecule has 1 aliphatic carbocycles. The first-order valence-electron chi connectivity index (χ1n) is 7.24. The number of benzene rings is 1. The van der Waals surface area contributed by atoms with Crippen LogP contribution in [0.15, 0.2) is 42.5 Å². The zero-order chi connectivity index (χ0) is 16.9. The summed E-state index contributed by atoms with van der Waals surface area (Å²) in [7, 11) is 2.39. The lowest BCUT2D eigenvalue weighted by atomic mass is 9.75.